The molecule has 3 N–H and O–H groups in total. The predicted octanol–water partition coefficient (Wildman–Crippen LogP) is 4.93. The lowest BCUT2D eigenvalue weighted by Gasteiger charge is -2.10. The zero-order chi connectivity index (χ0) is 20.6. The largest absolute Gasteiger partial charge is 0.497 e. The van der Waals surface area contributed by atoms with Gasteiger partial charge in [0, 0.05) is 24.0 Å². The van der Waals surface area contributed by atoms with Crippen LogP contribution in [0, 0.1) is 0 Å². The SMILES string of the molecule is COc1cccc(Oc2ccc(CN=C(N)Nc3cccc(C(C)C)c3)cn2)c1. The van der Waals surface area contributed by atoms with E-state index in [2.05, 4.69) is 41.3 Å². The van der Waals surface area contributed by atoms with E-state index >= 15 is 0 Å². The van der Waals surface area contributed by atoms with Crippen LogP contribution in [0.4, 0.5) is 5.69 Å². The molecule has 0 aliphatic rings. The molecule has 0 aliphatic carbocycles. The van der Waals surface area contributed by atoms with Crippen LogP contribution in [-0.2, 0) is 6.54 Å². The summed E-state index contributed by atoms with van der Waals surface area (Å²) in [4.78, 5) is 8.72. The number of hydrogen-bond acceptors (Lipinski definition) is 4. The zero-order valence-electron chi connectivity index (χ0n) is 16.9. The third-order valence-corrected chi connectivity index (χ3v) is 4.32. The van der Waals surface area contributed by atoms with E-state index in [4.69, 9.17) is 15.2 Å². The Morgan fingerprint density at radius 2 is 1.86 bits per heavy atom. The van der Waals surface area contributed by atoms with Gasteiger partial charge in [-0.2, -0.15) is 0 Å². The Hall–Kier alpha value is -3.54. The highest BCUT2D eigenvalue weighted by atomic mass is 16.5. The summed E-state index contributed by atoms with van der Waals surface area (Å²) in [5.41, 5.74) is 9.13. The van der Waals surface area contributed by atoms with E-state index in [1.54, 1.807) is 25.4 Å². The normalized spacial score (nSPS) is 11.4. The Balaban J connectivity index is 1.58. The minimum Gasteiger partial charge on any atom is -0.497 e. The van der Waals surface area contributed by atoms with Crippen LogP contribution in [0.15, 0.2) is 71.9 Å². The molecule has 1 aromatic heterocycles. The number of ether oxygens (including phenoxy) is 2. The van der Waals surface area contributed by atoms with Gasteiger partial charge < -0.3 is 20.5 Å². The number of rotatable bonds is 7. The molecule has 6 nitrogen and oxygen atoms in total. The fourth-order valence-electron chi connectivity index (χ4n) is 2.69. The minimum absolute atomic E-state index is 0.364. The fraction of sp³-hybridized carbons (Fsp3) is 0.217. The molecule has 2 aromatic carbocycles. The van der Waals surface area contributed by atoms with Gasteiger partial charge in [-0.3, -0.25) is 0 Å². The third kappa shape index (κ3) is 5.97. The third-order valence-electron chi connectivity index (χ3n) is 4.32. The maximum absolute atomic E-state index is 6.02. The number of aliphatic imine (C=N–C) groups is 1. The molecule has 29 heavy (non-hydrogen) atoms. The zero-order valence-corrected chi connectivity index (χ0v) is 16.9. The first-order valence-electron chi connectivity index (χ1n) is 9.47. The van der Waals surface area contributed by atoms with Gasteiger partial charge in [-0.25, -0.2) is 9.98 Å². The number of anilines is 1. The Morgan fingerprint density at radius 1 is 1.07 bits per heavy atom. The Morgan fingerprint density at radius 3 is 2.59 bits per heavy atom. The molecule has 1 heterocycles. The molecule has 0 unspecified atom stereocenters. The number of nitrogens with zero attached hydrogens (tertiary/aromatic N) is 2. The molecule has 0 aliphatic heterocycles. The van der Waals surface area contributed by atoms with Crippen LogP contribution in [0.1, 0.15) is 30.9 Å². The maximum Gasteiger partial charge on any atom is 0.219 e. The molecule has 6 heteroatoms. The average Bonchev–Trinajstić information content (AvgIpc) is 2.73. The van der Waals surface area contributed by atoms with Crippen molar-refractivity contribution < 1.29 is 9.47 Å². The first kappa shape index (κ1) is 20.2. The van der Waals surface area contributed by atoms with Crippen LogP contribution in [-0.4, -0.2) is 18.1 Å². The molecule has 0 atom stereocenters. The smallest absolute Gasteiger partial charge is 0.219 e. The lowest BCUT2D eigenvalue weighted by Crippen LogP contribution is -2.22. The summed E-state index contributed by atoms with van der Waals surface area (Å²) in [6.45, 7) is 4.74. The number of hydrogen-bond donors (Lipinski definition) is 2. The van der Waals surface area contributed by atoms with Gasteiger partial charge in [0.2, 0.25) is 5.88 Å². The standard InChI is InChI=1S/C23H26N4O2/c1-16(2)18-6-4-7-19(12-18)27-23(24)26-15-17-10-11-22(25-14-17)29-21-9-5-8-20(13-21)28-3/h4-14,16H,15H2,1-3H3,(H3,24,26,27). The van der Waals surface area contributed by atoms with Crippen molar-refractivity contribution in [1.82, 2.24) is 4.98 Å². The van der Waals surface area contributed by atoms with Crippen LogP contribution < -0.4 is 20.5 Å². The summed E-state index contributed by atoms with van der Waals surface area (Å²) in [5.74, 6) is 2.72. The molecule has 3 rings (SSSR count). The summed E-state index contributed by atoms with van der Waals surface area (Å²) in [6.07, 6.45) is 1.73. The summed E-state index contributed by atoms with van der Waals surface area (Å²) >= 11 is 0. The topological polar surface area (TPSA) is 81.8 Å². The van der Waals surface area contributed by atoms with E-state index in [1.165, 1.54) is 5.56 Å². The molecule has 150 valence electrons. The first-order chi connectivity index (χ1) is 14.0. The molecule has 0 saturated heterocycles. The number of nitrogens with two attached hydrogens (primary N) is 1. The molecule has 0 spiro atoms. The van der Waals surface area contributed by atoms with E-state index < -0.39 is 0 Å². The van der Waals surface area contributed by atoms with Gasteiger partial charge >= 0.3 is 0 Å². The number of benzene rings is 2. The average molecular weight is 390 g/mol. The van der Waals surface area contributed by atoms with Gasteiger partial charge in [-0.15, -0.1) is 0 Å². The van der Waals surface area contributed by atoms with Crippen LogP contribution in [0.3, 0.4) is 0 Å². The van der Waals surface area contributed by atoms with Crippen LogP contribution in [0.25, 0.3) is 0 Å². The highest BCUT2D eigenvalue weighted by Gasteiger charge is 2.03. The summed E-state index contributed by atoms with van der Waals surface area (Å²) in [5, 5.41) is 3.13. The van der Waals surface area contributed by atoms with Crippen molar-refractivity contribution in [2.75, 3.05) is 12.4 Å². The van der Waals surface area contributed by atoms with Gasteiger partial charge in [0.25, 0.3) is 0 Å². The summed E-state index contributed by atoms with van der Waals surface area (Å²) in [6, 6.07) is 19.3. The van der Waals surface area contributed by atoms with Crippen molar-refractivity contribution in [3.05, 3.63) is 78.0 Å². The number of nitrogens with one attached hydrogen (secondary N) is 1. The Labute approximate surface area is 171 Å². The molecule has 0 saturated carbocycles. The van der Waals surface area contributed by atoms with Gasteiger partial charge in [-0.1, -0.05) is 38.1 Å². The number of methoxy groups -OCH3 is 1. The number of aromatic nitrogens is 1. The van der Waals surface area contributed by atoms with Crippen molar-refractivity contribution in [1.29, 1.82) is 0 Å². The summed E-state index contributed by atoms with van der Waals surface area (Å²) < 4.78 is 10.9. The molecule has 0 bridgehead atoms. The maximum atomic E-state index is 6.02. The van der Waals surface area contributed by atoms with E-state index in [9.17, 15) is 0 Å². The quantitative estimate of drug-likeness (QED) is 0.441. The second-order valence-corrected chi connectivity index (χ2v) is 6.89. The fourth-order valence-corrected chi connectivity index (χ4v) is 2.69. The second kappa shape index (κ2) is 9.59. The number of guanidine groups is 1. The van der Waals surface area contributed by atoms with Gasteiger partial charge in [-0.05, 0) is 41.3 Å². The molecular formula is C23H26N4O2. The predicted molar refractivity (Wildman–Crippen MR) is 117 cm³/mol. The van der Waals surface area contributed by atoms with Crippen molar-refractivity contribution in [3.8, 4) is 17.4 Å². The van der Waals surface area contributed by atoms with E-state index in [0.717, 1.165) is 17.0 Å². The van der Waals surface area contributed by atoms with Gasteiger partial charge in [0.1, 0.15) is 11.5 Å². The summed E-state index contributed by atoms with van der Waals surface area (Å²) in [7, 11) is 1.62. The molecule has 3 aromatic rings. The minimum atomic E-state index is 0.364. The van der Waals surface area contributed by atoms with E-state index in [1.807, 2.05) is 36.4 Å². The van der Waals surface area contributed by atoms with E-state index in [-0.39, 0.29) is 0 Å². The second-order valence-electron chi connectivity index (χ2n) is 6.89. The van der Waals surface area contributed by atoms with Gasteiger partial charge in [0.05, 0.1) is 13.7 Å². The highest BCUT2D eigenvalue weighted by Crippen LogP contribution is 2.24. The van der Waals surface area contributed by atoms with Crippen molar-refractivity contribution in [2.24, 2.45) is 10.7 Å². The van der Waals surface area contributed by atoms with Crippen molar-refractivity contribution in [3.63, 3.8) is 0 Å². The monoisotopic (exact) mass is 390 g/mol. The molecule has 0 amide bonds. The molecule has 0 fully saturated rings. The number of pyridine rings is 1. The lowest BCUT2D eigenvalue weighted by atomic mass is 10.0. The van der Waals surface area contributed by atoms with E-state index in [0.29, 0.717) is 30.1 Å². The Kier molecular flexibility index (Phi) is 6.68. The Bertz CT molecular complexity index is 969. The highest BCUT2D eigenvalue weighted by molar-refractivity contribution is 5.92. The van der Waals surface area contributed by atoms with Gasteiger partial charge in [0.15, 0.2) is 5.96 Å². The van der Waals surface area contributed by atoms with Crippen LogP contribution >= 0.6 is 0 Å². The van der Waals surface area contributed by atoms with Crippen molar-refractivity contribution in [2.45, 2.75) is 26.3 Å². The lowest BCUT2D eigenvalue weighted by molar-refractivity contribution is 0.407. The first-order valence-corrected chi connectivity index (χ1v) is 9.47. The molecular weight excluding hydrogens is 364 g/mol. The molecule has 0 radical (unpaired) electrons. The van der Waals surface area contributed by atoms with Crippen LogP contribution in [0.5, 0.6) is 17.4 Å². The van der Waals surface area contributed by atoms with Crippen LogP contribution in [0.2, 0.25) is 0 Å². The van der Waals surface area contributed by atoms with Crippen molar-refractivity contribution >= 4 is 11.6 Å².